The van der Waals surface area contributed by atoms with Crippen LogP contribution in [0.5, 0.6) is 0 Å². The van der Waals surface area contributed by atoms with Crippen LogP contribution in [0, 0.1) is 0 Å². The Balaban J connectivity index is 2.78. The van der Waals surface area contributed by atoms with E-state index in [1.165, 1.54) is 17.7 Å². The highest BCUT2D eigenvalue weighted by molar-refractivity contribution is 7.03. The van der Waals surface area contributed by atoms with E-state index in [4.69, 9.17) is 5.73 Å². The molecule has 0 radical (unpaired) electrons. The second-order valence-electron chi connectivity index (χ2n) is 2.07. The molecule has 0 saturated heterocycles. The Hall–Kier alpha value is -0.740. The summed E-state index contributed by atoms with van der Waals surface area (Å²) in [5.74, 6) is -0.0475. The zero-order valence-corrected chi connectivity index (χ0v) is 6.39. The standard InChI is InChI=1S/C6H8N2OS/c1-4(7)6(9)5-2-8-10-3-5/h2-4H,7H2,1H3. The van der Waals surface area contributed by atoms with Gasteiger partial charge in [-0.1, -0.05) is 0 Å². The highest BCUT2D eigenvalue weighted by atomic mass is 32.1. The number of hydrogen-bond acceptors (Lipinski definition) is 4. The fraction of sp³-hybridized carbons (Fsp3) is 0.333. The van der Waals surface area contributed by atoms with Crippen molar-refractivity contribution in [2.45, 2.75) is 13.0 Å². The number of Topliss-reactive ketones (excluding diaryl/α,β-unsaturated/α-hetero) is 1. The normalized spacial score (nSPS) is 13.0. The van der Waals surface area contributed by atoms with Crippen LogP contribution in [0.3, 0.4) is 0 Å². The summed E-state index contributed by atoms with van der Waals surface area (Å²) in [6.07, 6.45) is 1.54. The summed E-state index contributed by atoms with van der Waals surface area (Å²) in [7, 11) is 0. The first kappa shape index (κ1) is 7.37. The van der Waals surface area contributed by atoms with E-state index >= 15 is 0 Å². The van der Waals surface area contributed by atoms with Crippen LogP contribution in [-0.2, 0) is 0 Å². The molecule has 1 atom stereocenters. The number of nitrogens with two attached hydrogens (primary N) is 1. The van der Waals surface area contributed by atoms with E-state index in [9.17, 15) is 4.79 Å². The summed E-state index contributed by atoms with van der Waals surface area (Å²) in [6.45, 7) is 1.67. The average Bonchev–Trinajstić information content (AvgIpc) is 2.36. The minimum Gasteiger partial charge on any atom is -0.321 e. The summed E-state index contributed by atoms with van der Waals surface area (Å²) >= 11 is 1.26. The molecule has 0 spiro atoms. The van der Waals surface area contributed by atoms with Gasteiger partial charge >= 0.3 is 0 Å². The molecule has 0 amide bonds. The van der Waals surface area contributed by atoms with Gasteiger partial charge in [0.15, 0.2) is 5.78 Å². The van der Waals surface area contributed by atoms with Crippen molar-refractivity contribution in [1.82, 2.24) is 4.37 Å². The van der Waals surface area contributed by atoms with Gasteiger partial charge in [-0.2, -0.15) is 0 Å². The molecule has 0 aliphatic carbocycles. The predicted octanol–water partition coefficient (Wildman–Crippen LogP) is 0.673. The molecule has 3 nitrogen and oxygen atoms in total. The van der Waals surface area contributed by atoms with E-state index in [1.54, 1.807) is 12.3 Å². The Labute approximate surface area is 63.0 Å². The van der Waals surface area contributed by atoms with Crippen LogP contribution < -0.4 is 5.73 Å². The van der Waals surface area contributed by atoms with Crippen LogP contribution in [-0.4, -0.2) is 16.2 Å². The monoisotopic (exact) mass is 156 g/mol. The van der Waals surface area contributed by atoms with E-state index < -0.39 is 6.04 Å². The van der Waals surface area contributed by atoms with Gasteiger partial charge in [0, 0.05) is 10.9 Å². The number of hydrogen-bond donors (Lipinski definition) is 1. The summed E-state index contributed by atoms with van der Waals surface area (Å²) in [6, 6.07) is -0.420. The molecule has 4 heteroatoms. The first-order valence-electron chi connectivity index (χ1n) is 2.91. The lowest BCUT2D eigenvalue weighted by molar-refractivity contribution is 0.0968. The van der Waals surface area contributed by atoms with Gasteiger partial charge in [-0.3, -0.25) is 4.79 Å². The molecule has 0 aliphatic heterocycles. The lowest BCUT2D eigenvalue weighted by Crippen LogP contribution is -2.26. The third-order valence-corrected chi connectivity index (χ3v) is 1.72. The second kappa shape index (κ2) is 2.90. The van der Waals surface area contributed by atoms with Crippen molar-refractivity contribution in [1.29, 1.82) is 0 Å². The van der Waals surface area contributed by atoms with E-state index in [1.807, 2.05) is 0 Å². The van der Waals surface area contributed by atoms with Crippen molar-refractivity contribution in [3.8, 4) is 0 Å². The predicted molar refractivity (Wildman–Crippen MR) is 40.1 cm³/mol. The average molecular weight is 156 g/mol. The first-order chi connectivity index (χ1) is 4.72. The van der Waals surface area contributed by atoms with Crippen LogP contribution in [0.1, 0.15) is 17.3 Å². The van der Waals surface area contributed by atoms with Crippen molar-refractivity contribution in [3.63, 3.8) is 0 Å². The molecule has 0 aromatic carbocycles. The molecule has 0 aliphatic rings. The summed E-state index contributed by atoms with van der Waals surface area (Å²) in [4.78, 5) is 11.0. The molecule has 1 rings (SSSR count). The molecule has 1 heterocycles. The zero-order chi connectivity index (χ0) is 7.56. The molecule has 10 heavy (non-hydrogen) atoms. The molecule has 0 bridgehead atoms. The fourth-order valence-electron chi connectivity index (χ4n) is 0.589. The number of carbonyl (C=O) groups excluding carboxylic acids is 1. The minimum absolute atomic E-state index is 0.0475. The molecule has 54 valence electrons. The van der Waals surface area contributed by atoms with Gasteiger partial charge in [0.25, 0.3) is 0 Å². The van der Waals surface area contributed by atoms with Crippen LogP contribution >= 0.6 is 11.5 Å². The van der Waals surface area contributed by atoms with Gasteiger partial charge < -0.3 is 5.73 Å². The zero-order valence-electron chi connectivity index (χ0n) is 5.57. The Morgan fingerprint density at radius 3 is 3.00 bits per heavy atom. The van der Waals surface area contributed by atoms with Crippen LogP contribution in [0.4, 0.5) is 0 Å². The maximum Gasteiger partial charge on any atom is 0.181 e. The van der Waals surface area contributed by atoms with E-state index in [0.717, 1.165) is 0 Å². The first-order valence-corrected chi connectivity index (χ1v) is 3.74. The fourth-order valence-corrected chi connectivity index (χ4v) is 1.12. The van der Waals surface area contributed by atoms with Crippen molar-refractivity contribution in [3.05, 3.63) is 17.1 Å². The molecule has 0 fully saturated rings. The van der Waals surface area contributed by atoms with Crippen LogP contribution in [0.2, 0.25) is 0 Å². The quantitative estimate of drug-likeness (QED) is 0.640. The van der Waals surface area contributed by atoms with Crippen molar-refractivity contribution >= 4 is 17.3 Å². The van der Waals surface area contributed by atoms with Gasteiger partial charge in [0.1, 0.15) is 0 Å². The van der Waals surface area contributed by atoms with Crippen LogP contribution in [0.15, 0.2) is 11.6 Å². The van der Waals surface area contributed by atoms with E-state index in [2.05, 4.69) is 4.37 Å². The van der Waals surface area contributed by atoms with Gasteiger partial charge in [-0.05, 0) is 18.5 Å². The third kappa shape index (κ3) is 1.40. The van der Waals surface area contributed by atoms with E-state index in [0.29, 0.717) is 5.56 Å². The summed E-state index contributed by atoms with van der Waals surface area (Å²) < 4.78 is 3.79. The topological polar surface area (TPSA) is 56.0 Å². The number of ketones is 1. The molecule has 1 aromatic heterocycles. The van der Waals surface area contributed by atoms with E-state index in [-0.39, 0.29) is 5.78 Å². The molecule has 1 aromatic rings. The lowest BCUT2D eigenvalue weighted by atomic mass is 10.1. The smallest absolute Gasteiger partial charge is 0.181 e. The Morgan fingerprint density at radius 1 is 1.90 bits per heavy atom. The molecule has 2 N–H and O–H groups in total. The highest BCUT2D eigenvalue weighted by Gasteiger charge is 2.10. The minimum atomic E-state index is -0.420. The second-order valence-corrected chi connectivity index (χ2v) is 2.72. The van der Waals surface area contributed by atoms with Crippen LogP contribution in [0.25, 0.3) is 0 Å². The lowest BCUT2D eigenvalue weighted by Gasteiger charge is -1.98. The third-order valence-electron chi connectivity index (χ3n) is 1.13. The SMILES string of the molecule is CC(N)C(=O)c1cnsc1. The largest absolute Gasteiger partial charge is 0.321 e. The maximum atomic E-state index is 11.0. The number of aromatic nitrogens is 1. The number of rotatable bonds is 2. The Morgan fingerprint density at radius 2 is 2.60 bits per heavy atom. The summed E-state index contributed by atoms with van der Waals surface area (Å²) in [5, 5.41) is 1.70. The molecular weight excluding hydrogens is 148 g/mol. The van der Waals surface area contributed by atoms with Gasteiger partial charge in [-0.25, -0.2) is 4.37 Å². The van der Waals surface area contributed by atoms with Crippen molar-refractivity contribution < 1.29 is 4.79 Å². The molecular formula is C6H8N2OS. The maximum absolute atomic E-state index is 11.0. The molecule has 0 saturated carbocycles. The molecule has 1 unspecified atom stereocenters. The number of carbonyl (C=O) groups is 1. The number of nitrogens with zero attached hydrogens (tertiary/aromatic N) is 1. The van der Waals surface area contributed by atoms with Crippen molar-refractivity contribution in [2.24, 2.45) is 5.73 Å². The van der Waals surface area contributed by atoms with Gasteiger partial charge in [-0.15, -0.1) is 0 Å². The van der Waals surface area contributed by atoms with Gasteiger partial charge in [0.2, 0.25) is 0 Å². The Bertz CT molecular complexity index is 218. The summed E-state index contributed by atoms with van der Waals surface area (Å²) in [5.41, 5.74) is 5.97. The van der Waals surface area contributed by atoms with Crippen molar-refractivity contribution in [2.75, 3.05) is 0 Å². The Kier molecular flexibility index (Phi) is 2.13. The van der Waals surface area contributed by atoms with Gasteiger partial charge in [0.05, 0.1) is 12.2 Å². The highest BCUT2D eigenvalue weighted by Crippen LogP contribution is 2.03.